The van der Waals surface area contributed by atoms with Crippen LogP contribution in [-0.4, -0.2) is 26.9 Å². The van der Waals surface area contributed by atoms with Gasteiger partial charge in [-0.05, 0) is 35.9 Å². The maximum atomic E-state index is 11.1. The molecule has 2 aromatic heterocycles. The lowest BCUT2D eigenvalue weighted by Crippen LogP contribution is -2.17. The number of aromatic carboxylic acids is 1. The number of benzene rings is 1. The van der Waals surface area contributed by atoms with Crippen molar-refractivity contribution in [2.45, 2.75) is 6.42 Å². The lowest BCUT2D eigenvalue weighted by Gasteiger charge is -2.09. The van der Waals surface area contributed by atoms with Crippen LogP contribution in [0.25, 0.3) is 10.9 Å². The topological polar surface area (TPSA) is 127 Å². The van der Waals surface area contributed by atoms with E-state index in [4.69, 9.17) is 28.3 Å². The third-order valence-corrected chi connectivity index (χ3v) is 3.88. The summed E-state index contributed by atoms with van der Waals surface area (Å²) in [5.74, 6) is 4.46. The Morgan fingerprint density at radius 3 is 2.76 bits per heavy atom. The number of carboxylic acids is 1. The second-order valence-electron chi connectivity index (χ2n) is 5.40. The van der Waals surface area contributed by atoms with E-state index in [1.54, 1.807) is 6.07 Å². The fraction of sp³-hybridized carbons (Fsp3) is 0.0588. The van der Waals surface area contributed by atoms with Crippen LogP contribution in [-0.2, 0) is 6.42 Å². The van der Waals surface area contributed by atoms with Gasteiger partial charge in [-0.3, -0.25) is 9.97 Å². The number of amidine groups is 1. The van der Waals surface area contributed by atoms with Gasteiger partial charge in [-0.25, -0.2) is 4.79 Å². The smallest absolute Gasteiger partial charge is 0.335 e. The Kier molecular flexibility index (Phi) is 4.49. The van der Waals surface area contributed by atoms with Gasteiger partial charge < -0.3 is 16.7 Å². The number of nitrogens with zero attached hydrogens (tertiary/aromatic N) is 3. The minimum atomic E-state index is -1.00. The number of carboxylic acid groups (broad SMARTS) is 1. The first kappa shape index (κ1) is 16.7. The number of aromatic nitrogens is 2. The van der Waals surface area contributed by atoms with Crippen molar-refractivity contribution in [1.82, 2.24) is 9.97 Å². The molecular weight excluding hydrogens is 342 g/mol. The monoisotopic (exact) mass is 355 g/mol. The maximum Gasteiger partial charge on any atom is 0.335 e. The number of carbonyl (C=O) groups is 1. The van der Waals surface area contributed by atoms with E-state index in [-0.39, 0.29) is 11.4 Å². The fourth-order valence-corrected chi connectivity index (χ4v) is 2.74. The van der Waals surface area contributed by atoms with Crippen molar-refractivity contribution in [1.29, 1.82) is 0 Å². The normalized spacial score (nSPS) is 11.6. The van der Waals surface area contributed by atoms with Crippen molar-refractivity contribution in [3.63, 3.8) is 0 Å². The lowest BCUT2D eigenvalue weighted by atomic mass is 10.0. The van der Waals surface area contributed by atoms with E-state index >= 15 is 0 Å². The lowest BCUT2D eigenvalue weighted by molar-refractivity contribution is 0.0696. The predicted molar refractivity (Wildman–Crippen MR) is 95.7 cm³/mol. The molecule has 3 aromatic rings. The van der Waals surface area contributed by atoms with Gasteiger partial charge >= 0.3 is 5.97 Å². The molecule has 0 unspecified atom stereocenters. The summed E-state index contributed by atoms with van der Waals surface area (Å²) in [6.45, 7) is 0. The van der Waals surface area contributed by atoms with Gasteiger partial charge in [0.1, 0.15) is 0 Å². The summed E-state index contributed by atoms with van der Waals surface area (Å²) >= 11 is 6.03. The van der Waals surface area contributed by atoms with E-state index in [0.717, 1.165) is 10.9 Å². The Bertz CT molecular complexity index is 1000. The van der Waals surface area contributed by atoms with Crippen LogP contribution in [0.3, 0.4) is 0 Å². The number of fused-ring (bicyclic) bond motifs is 1. The van der Waals surface area contributed by atoms with Crippen molar-refractivity contribution in [2.75, 3.05) is 0 Å². The average Bonchev–Trinajstić information content (AvgIpc) is 2.60. The van der Waals surface area contributed by atoms with Crippen molar-refractivity contribution >= 4 is 34.3 Å². The van der Waals surface area contributed by atoms with Crippen LogP contribution in [0.4, 0.5) is 0 Å². The fourth-order valence-electron chi connectivity index (χ4n) is 2.57. The van der Waals surface area contributed by atoms with Crippen LogP contribution < -0.4 is 11.6 Å². The first-order chi connectivity index (χ1) is 12.0. The second kappa shape index (κ2) is 6.74. The Morgan fingerprint density at radius 2 is 2.04 bits per heavy atom. The molecule has 0 saturated heterocycles. The molecule has 3 rings (SSSR count). The van der Waals surface area contributed by atoms with Gasteiger partial charge in [0.2, 0.25) is 0 Å². The number of rotatable bonds is 4. The summed E-state index contributed by atoms with van der Waals surface area (Å²) < 4.78 is 0. The van der Waals surface area contributed by atoms with Crippen molar-refractivity contribution < 1.29 is 9.90 Å². The number of hydrogen-bond acceptors (Lipinski definition) is 5. The number of nitrogens with two attached hydrogens (primary N) is 2. The van der Waals surface area contributed by atoms with E-state index < -0.39 is 5.97 Å². The van der Waals surface area contributed by atoms with Crippen molar-refractivity contribution in [2.24, 2.45) is 16.7 Å². The molecule has 0 atom stereocenters. The van der Waals surface area contributed by atoms with Crippen molar-refractivity contribution in [3.05, 3.63) is 70.1 Å². The van der Waals surface area contributed by atoms with E-state index in [1.165, 1.54) is 24.5 Å². The quantitative estimate of drug-likeness (QED) is 0.285. The highest BCUT2D eigenvalue weighted by Gasteiger charge is 2.11. The minimum absolute atomic E-state index is 0.147. The summed E-state index contributed by atoms with van der Waals surface area (Å²) in [5, 5.41) is 13.9. The van der Waals surface area contributed by atoms with Crippen LogP contribution in [0.5, 0.6) is 0 Å². The first-order valence-corrected chi connectivity index (χ1v) is 7.66. The zero-order valence-corrected chi connectivity index (χ0v) is 13.7. The Morgan fingerprint density at radius 1 is 1.24 bits per heavy atom. The van der Waals surface area contributed by atoms with E-state index in [0.29, 0.717) is 28.2 Å². The number of pyridine rings is 2. The molecule has 0 radical (unpaired) electrons. The molecule has 126 valence electrons. The molecule has 0 aliphatic rings. The molecule has 7 nitrogen and oxygen atoms in total. The summed E-state index contributed by atoms with van der Waals surface area (Å²) in [5.41, 5.74) is 8.75. The molecular formula is C17H14ClN5O2. The zero-order valence-electron chi connectivity index (χ0n) is 13.0. The van der Waals surface area contributed by atoms with Gasteiger partial charge in [-0.2, -0.15) is 5.10 Å². The molecule has 0 bridgehead atoms. The highest BCUT2D eigenvalue weighted by molar-refractivity contribution is 6.31. The summed E-state index contributed by atoms with van der Waals surface area (Å²) in [7, 11) is 0. The van der Waals surface area contributed by atoms with Gasteiger partial charge in [0.25, 0.3) is 0 Å². The van der Waals surface area contributed by atoms with Gasteiger partial charge in [0, 0.05) is 35.5 Å². The molecule has 0 spiro atoms. The number of halogens is 1. The Hall–Kier alpha value is -3.19. The molecule has 1 aromatic carbocycles. The molecule has 2 heterocycles. The third kappa shape index (κ3) is 3.51. The highest BCUT2D eigenvalue weighted by atomic mass is 35.5. The second-order valence-corrected chi connectivity index (χ2v) is 5.84. The van der Waals surface area contributed by atoms with Gasteiger partial charge in [0.15, 0.2) is 5.84 Å². The SMILES string of the molecule is N/N=C(\N)c1cc(Cc2cc(C(=O)O)ccn2)cc2cc(Cl)cnc12. The standard InChI is InChI=1S/C17H14ClN5O2/c18-12-6-11-3-9(4-13-7-10(17(24)25)1-2-21-13)5-14(16(19)23-20)15(11)22-8-12/h1-3,5-8H,4,20H2,(H2,19,23)(H,24,25). The maximum absolute atomic E-state index is 11.1. The molecule has 0 aliphatic carbocycles. The average molecular weight is 356 g/mol. The van der Waals surface area contributed by atoms with Crippen molar-refractivity contribution in [3.8, 4) is 0 Å². The van der Waals surface area contributed by atoms with Crippen LogP contribution in [0, 0.1) is 0 Å². The molecule has 0 aliphatic heterocycles. The van der Waals surface area contributed by atoms with Crippen LogP contribution in [0.1, 0.15) is 27.2 Å². The van der Waals surface area contributed by atoms with Crippen LogP contribution in [0.2, 0.25) is 5.02 Å². The van der Waals surface area contributed by atoms with E-state index in [1.807, 2.05) is 12.1 Å². The Labute approximate surface area is 148 Å². The number of hydrazone groups is 1. The zero-order chi connectivity index (χ0) is 18.0. The first-order valence-electron chi connectivity index (χ1n) is 7.28. The summed E-state index contributed by atoms with van der Waals surface area (Å²) in [4.78, 5) is 19.6. The van der Waals surface area contributed by atoms with E-state index in [2.05, 4.69) is 15.1 Å². The van der Waals surface area contributed by atoms with E-state index in [9.17, 15) is 4.79 Å². The molecule has 0 saturated carbocycles. The molecule has 5 N–H and O–H groups in total. The minimum Gasteiger partial charge on any atom is -0.478 e. The highest BCUT2D eigenvalue weighted by Crippen LogP contribution is 2.23. The van der Waals surface area contributed by atoms with Crippen LogP contribution in [0.15, 0.2) is 47.8 Å². The number of hydrogen-bond donors (Lipinski definition) is 3. The molecule has 25 heavy (non-hydrogen) atoms. The van der Waals surface area contributed by atoms with Gasteiger partial charge in [-0.1, -0.05) is 11.6 Å². The molecule has 8 heteroatoms. The predicted octanol–water partition coefficient (Wildman–Crippen LogP) is 2.15. The van der Waals surface area contributed by atoms with Crippen LogP contribution >= 0.6 is 11.6 Å². The third-order valence-electron chi connectivity index (χ3n) is 3.67. The Balaban J connectivity index is 2.10. The summed E-state index contributed by atoms with van der Waals surface area (Å²) in [6.07, 6.45) is 3.40. The summed E-state index contributed by atoms with van der Waals surface area (Å²) in [6, 6.07) is 8.45. The molecule has 0 fully saturated rings. The van der Waals surface area contributed by atoms with Gasteiger partial charge in [0.05, 0.1) is 16.1 Å². The van der Waals surface area contributed by atoms with Gasteiger partial charge in [-0.15, -0.1) is 0 Å². The molecule has 0 amide bonds. The largest absolute Gasteiger partial charge is 0.478 e.